The number of hydrogen-bond acceptors (Lipinski definition) is 3. The van der Waals surface area contributed by atoms with Gasteiger partial charge in [0.15, 0.2) is 0 Å². The molecule has 1 aliphatic rings. The van der Waals surface area contributed by atoms with Crippen LogP contribution < -0.4 is 11.1 Å². The highest BCUT2D eigenvalue weighted by Crippen LogP contribution is 2.26. The number of carbonyl (C=O) groups excluding carboxylic acids is 2. The van der Waals surface area contributed by atoms with Crippen LogP contribution >= 0.6 is 24.0 Å². The van der Waals surface area contributed by atoms with E-state index in [2.05, 4.69) is 12.2 Å². The van der Waals surface area contributed by atoms with Crippen molar-refractivity contribution in [2.45, 2.75) is 64.5 Å². The second-order valence-corrected chi connectivity index (χ2v) is 7.57. The third-order valence-electron chi connectivity index (χ3n) is 4.81. The van der Waals surface area contributed by atoms with Crippen LogP contribution in [0.2, 0.25) is 5.02 Å². The van der Waals surface area contributed by atoms with E-state index < -0.39 is 5.54 Å². The van der Waals surface area contributed by atoms with Crippen molar-refractivity contribution >= 4 is 41.5 Å². The first-order chi connectivity index (χ1) is 11.8. The quantitative estimate of drug-likeness (QED) is 0.774. The van der Waals surface area contributed by atoms with Crippen molar-refractivity contribution in [3.63, 3.8) is 0 Å². The van der Waals surface area contributed by atoms with Gasteiger partial charge in [0, 0.05) is 18.3 Å². The molecule has 0 aromatic heterocycles. The van der Waals surface area contributed by atoms with E-state index in [0.717, 1.165) is 32.2 Å². The lowest BCUT2D eigenvalue weighted by molar-refractivity contribution is -0.120. The number of carbonyl (C=O) groups is 2. The van der Waals surface area contributed by atoms with Crippen LogP contribution in [0.3, 0.4) is 0 Å². The van der Waals surface area contributed by atoms with Gasteiger partial charge in [-0.1, -0.05) is 24.9 Å². The molecule has 0 bridgehead atoms. The molecule has 2 unspecified atom stereocenters. The molecule has 5 nitrogen and oxygen atoms in total. The van der Waals surface area contributed by atoms with Crippen molar-refractivity contribution in [1.29, 1.82) is 0 Å². The molecule has 1 aromatic carbocycles. The number of amides is 2. The lowest BCUT2D eigenvalue weighted by Gasteiger charge is -2.33. The normalized spacial score (nSPS) is 19.3. The maximum atomic E-state index is 12.7. The van der Waals surface area contributed by atoms with Crippen molar-refractivity contribution in [2.24, 2.45) is 5.73 Å². The number of likely N-dealkylation sites (tertiary alicyclic amines) is 1. The van der Waals surface area contributed by atoms with Gasteiger partial charge in [0.2, 0.25) is 5.91 Å². The van der Waals surface area contributed by atoms with Gasteiger partial charge in [0.25, 0.3) is 5.91 Å². The molecule has 1 aliphatic heterocycles. The van der Waals surface area contributed by atoms with Crippen LogP contribution in [0.5, 0.6) is 0 Å². The summed E-state index contributed by atoms with van der Waals surface area (Å²) in [5, 5.41) is 3.13. The summed E-state index contributed by atoms with van der Waals surface area (Å²) in [4.78, 5) is 26.9. The zero-order valence-electron chi connectivity index (χ0n) is 15.7. The van der Waals surface area contributed by atoms with Gasteiger partial charge in [-0.2, -0.15) is 0 Å². The predicted octanol–water partition coefficient (Wildman–Crippen LogP) is 4.23. The topological polar surface area (TPSA) is 75.4 Å². The highest BCUT2D eigenvalue weighted by atomic mass is 35.5. The number of halogens is 2. The summed E-state index contributed by atoms with van der Waals surface area (Å²) in [5.41, 5.74) is 6.13. The first kappa shape index (κ1) is 22.7. The summed E-state index contributed by atoms with van der Waals surface area (Å²) in [7, 11) is 0. The van der Waals surface area contributed by atoms with E-state index in [9.17, 15) is 9.59 Å². The van der Waals surface area contributed by atoms with Crippen LogP contribution in [-0.4, -0.2) is 34.8 Å². The van der Waals surface area contributed by atoms with Gasteiger partial charge in [-0.3, -0.25) is 9.59 Å². The fourth-order valence-electron chi connectivity index (χ4n) is 3.23. The molecule has 26 heavy (non-hydrogen) atoms. The Balaban J connectivity index is 0.00000338. The summed E-state index contributed by atoms with van der Waals surface area (Å²) in [6.07, 6.45) is 4.61. The number of anilines is 1. The smallest absolute Gasteiger partial charge is 0.255 e. The second kappa shape index (κ2) is 9.58. The number of nitrogens with two attached hydrogens (primary N) is 1. The fraction of sp³-hybridized carbons (Fsp3) is 0.579. The Bertz CT molecular complexity index is 650. The van der Waals surface area contributed by atoms with E-state index >= 15 is 0 Å². The van der Waals surface area contributed by atoms with E-state index in [1.54, 1.807) is 25.1 Å². The van der Waals surface area contributed by atoms with Gasteiger partial charge in [-0.05, 0) is 57.7 Å². The van der Waals surface area contributed by atoms with Gasteiger partial charge in [0.1, 0.15) is 0 Å². The molecule has 146 valence electrons. The molecule has 7 heteroatoms. The Morgan fingerprint density at radius 1 is 1.38 bits per heavy atom. The molecule has 1 aromatic rings. The summed E-state index contributed by atoms with van der Waals surface area (Å²) >= 11 is 6.32. The molecule has 3 N–H and O–H groups in total. The van der Waals surface area contributed by atoms with Gasteiger partial charge in [-0.25, -0.2) is 0 Å². The molecular weight excluding hydrogens is 373 g/mol. The minimum atomic E-state index is -0.932. The van der Waals surface area contributed by atoms with Gasteiger partial charge in [0.05, 0.1) is 16.1 Å². The van der Waals surface area contributed by atoms with Crippen LogP contribution in [0.1, 0.15) is 63.2 Å². The Hall–Kier alpha value is -1.30. The average Bonchev–Trinajstić information content (AvgIpc) is 2.54. The maximum absolute atomic E-state index is 12.7. The first-order valence-corrected chi connectivity index (χ1v) is 9.35. The summed E-state index contributed by atoms with van der Waals surface area (Å²) in [6.45, 7) is 6.52. The Morgan fingerprint density at radius 2 is 2.08 bits per heavy atom. The second-order valence-electron chi connectivity index (χ2n) is 7.16. The zero-order chi connectivity index (χ0) is 18.6. The van der Waals surface area contributed by atoms with Crippen molar-refractivity contribution in [1.82, 2.24) is 4.90 Å². The van der Waals surface area contributed by atoms with Crippen LogP contribution in [0.25, 0.3) is 0 Å². The standard InChI is InChI=1S/C19H28ClN3O2.ClH/c1-4-10-19(3,21)18(25)22-14-8-9-15(16(20)12-14)17(24)23-11-6-5-7-13(23)2;/h8-9,12-13H,4-7,10-11,21H2,1-3H3,(H,22,25);1H. The van der Waals surface area contributed by atoms with Crippen LogP contribution in [-0.2, 0) is 4.79 Å². The number of hydrogen-bond donors (Lipinski definition) is 2. The summed E-state index contributed by atoms with van der Waals surface area (Å²) < 4.78 is 0. The van der Waals surface area contributed by atoms with E-state index in [4.69, 9.17) is 17.3 Å². The molecule has 2 atom stereocenters. The van der Waals surface area contributed by atoms with Crippen molar-refractivity contribution < 1.29 is 9.59 Å². The SMILES string of the molecule is CCCC(C)(N)C(=O)Nc1ccc(C(=O)N2CCCCC2C)c(Cl)c1.Cl. The number of rotatable bonds is 5. The third kappa shape index (κ3) is 5.35. The minimum Gasteiger partial charge on any atom is -0.336 e. The number of nitrogens with one attached hydrogen (secondary N) is 1. The maximum Gasteiger partial charge on any atom is 0.255 e. The largest absolute Gasteiger partial charge is 0.336 e. The van der Waals surface area contributed by atoms with Crippen molar-refractivity contribution in [3.8, 4) is 0 Å². The zero-order valence-corrected chi connectivity index (χ0v) is 17.3. The monoisotopic (exact) mass is 401 g/mol. The summed E-state index contributed by atoms with van der Waals surface area (Å²) in [5.74, 6) is -0.307. The lowest BCUT2D eigenvalue weighted by atomic mass is 9.96. The molecule has 0 saturated carbocycles. The molecule has 2 rings (SSSR count). The lowest BCUT2D eigenvalue weighted by Crippen LogP contribution is -2.48. The predicted molar refractivity (Wildman–Crippen MR) is 109 cm³/mol. The van der Waals surface area contributed by atoms with Gasteiger partial charge < -0.3 is 16.0 Å². The first-order valence-electron chi connectivity index (χ1n) is 8.97. The molecule has 2 amide bonds. The molecule has 1 saturated heterocycles. The molecular formula is C19H29Cl2N3O2. The van der Waals surface area contributed by atoms with E-state index in [1.807, 2.05) is 11.8 Å². The summed E-state index contributed by atoms with van der Waals surface area (Å²) in [6, 6.07) is 5.22. The Kier molecular flexibility index (Phi) is 8.38. The highest BCUT2D eigenvalue weighted by molar-refractivity contribution is 6.34. The van der Waals surface area contributed by atoms with Crippen LogP contribution in [0, 0.1) is 0 Å². The molecule has 1 fully saturated rings. The van der Waals surface area contributed by atoms with Crippen LogP contribution in [0.4, 0.5) is 5.69 Å². The number of nitrogens with zero attached hydrogens (tertiary/aromatic N) is 1. The average molecular weight is 402 g/mol. The Morgan fingerprint density at radius 3 is 2.65 bits per heavy atom. The highest BCUT2D eigenvalue weighted by Gasteiger charge is 2.28. The van der Waals surface area contributed by atoms with E-state index in [-0.39, 0.29) is 30.3 Å². The van der Waals surface area contributed by atoms with Crippen molar-refractivity contribution in [3.05, 3.63) is 28.8 Å². The van der Waals surface area contributed by atoms with Gasteiger partial charge >= 0.3 is 0 Å². The minimum absolute atomic E-state index is 0. The number of piperidine rings is 1. The number of benzene rings is 1. The molecule has 0 aliphatic carbocycles. The van der Waals surface area contributed by atoms with Crippen LogP contribution in [0.15, 0.2) is 18.2 Å². The molecule has 0 radical (unpaired) electrons. The fourth-order valence-corrected chi connectivity index (χ4v) is 3.49. The molecule has 1 heterocycles. The van der Waals surface area contributed by atoms with Crippen molar-refractivity contribution in [2.75, 3.05) is 11.9 Å². The van der Waals surface area contributed by atoms with E-state index in [1.165, 1.54) is 0 Å². The van der Waals surface area contributed by atoms with E-state index in [0.29, 0.717) is 22.7 Å². The molecule has 0 spiro atoms. The Labute approximate surface area is 167 Å². The van der Waals surface area contributed by atoms with Gasteiger partial charge in [-0.15, -0.1) is 12.4 Å². The third-order valence-corrected chi connectivity index (χ3v) is 5.12.